The largest absolute Gasteiger partial charge is 0.377 e. The molecule has 1 nitrogen and oxygen atoms in total. The average molecular weight is 325 g/mol. The van der Waals surface area contributed by atoms with E-state index in [4.69, 9.17) is 11.6 Å². The van der Waals surface area contributed by atoms with Crippen molar-refractivity contribution in [3.63, 3.8) is 0 Å². The molecule has 1 unspecified atom stereocenters. The van der Waals surface area contributed by atoms with Crippen LogP contribution in [0.4, 0.5) is 5.69 Å². The molecule has 0 bridgehead atoms. The Labute approximate surface area is 121 Å². The van der Waals surface area contributed by atoms with Crippen LogP contribution in [0.5, 0.6) is 0 Å². The first-order valence-corrected chi connectivity index (χ1v) is 7.14. The normalized spacial score (nSPS) is 12.2. The molecule has 0 amide bonds. The molecular formula is C15H15BrClN. The first kappa shape index (κ1) is 13.4. The minimum atomic E-state index is 0.266. The van der Waals surface area contributed by atoms with Gasteiger partial charge in [-0.05, 0) is 36.2 Å². The maximum absolute atomic E-state index is 6.17. The second-order valence-electron chi connectivity index (χ2n) is 4.14. The zero-order valence-corrected chi connectivity index (χ0v) is 12.5. The van der Waals surface area contributed by atoms with E-state index in [1.165, 1.54) is 5.56 Å². The van der Waals surface area contributed by atoms with Gasteiger partial charge in [0.15, 0.2) is 0 Å². The maximum atomic E-state index is 6.17. The SMILES string of the molecule is CCC(Nc1ccccc1Cl)c1cccc(Br)c1. The number of rotatable bonds is 4. The summed E-state index contributed by atoms with van der Waals surface area (Å²) in [7, 11) is 0. The molecule has 0 spiro atoms. The molecule has 0 fully saturated rings. The van der Waals surface area contributed by atoms with E-state index in [0.29, 0.717) is 0 Å². The Morgan fingerprint density at radius 1 is 1.17 bits per heavy atom. The number of halogens is 2. The molecule has 2 rings (SSSR count). The van der Waals surface area contributed by atoms with Gasteiger partial charge in [0.2, 0.25) is 0 Å². The van der Waals surface area contributed by atoms with Gasteiger partial charge >= 0.3 is 0 Å². The van der Waals surface area contributed by atoms with E-state index < -0.39 is 0 Å². The standard InChI is InChI=1S/C15H15BrClN/c1-2-14(11-6-5-7-12(16)10-11)18-15-9-4-3-8-13(15)17/h3-10,14,18H,2H2,1H3. The highest BCUT2D eigenvalue weighted by atomic mass is 79.9. The van der Waals surface area contributed by atoms with Gasteiger partial charge in [-0.2, -0.15) is 0 Å². The molecule has 0 aliphatic heterocycles. The predicted molar refractivity (Wildman–Crippen MR) is 82.2 cm³/mol. The summed E-state index contributed by atoms with van der Waals surface area (Å²) in [5.74, 6) is 0. The van der Waals surface area contributed by atoms with Gasteiger partial charge in [0, 0.05) is 4.47 Å². The molecule has 18 heavy (non-hydrogen) atoms. The van der Waals surface area contributed by atoms with Gasteiger partial charge in [0.25, 0.3) is 0 Å². The summed E-state index contributed by atoms with van der Waals surface area (Å²) in [6.45, 7) is 2.16. The third-order valence-corrected chi connectivity index (χ3v) is 3.69. The van der Waals surface area contributed by atoms with E-state index in [9.17, 15) is 0 Å². The predicted octanol–water partition coefficient (Wildman–Crippen LogP) is 5.67. The Kier molecular flexibility index (Phi) is 4.67. The first-order chi connectivity index (χ1) is 8.70. The Balaban J connectivity index is 2.23. The Morgan fingerprint density at radius 3 is 2.61 bits per heavy atom. The van der Waals surface area contributed by atoms with Crippen LogP contribution in [0.2, 0.25) is 5.02 Å². The number of anilines is 1. The Hall–Kier alpha value is -0.990. The molecule has 0 saturated heterocycles. The molecular weight excluding hydrogens is 310 g/mol. The van der Waals surface area contributed by atoms with Crippen molar-refractivity contribution < 1.29 is 0 Å². The summed E-state index contributed by atoms with van der Waals surface area (Å²) in [6, 6.07) is 16.4. The highest BCUT2D eigenvalue weighted by Gasteiger charge is 2.10. The first-order valence-electron chi connectivity index (χ1n) is 5.97. The van der Waals surface area contributed by atoms with E-state index in [1.54, 1.807) is 0 Å². The molecule has 2 aromatic rings. The quantitative estimate of drug-likeness (QED) is 0.764. The van der Waals surface area contributed by atoms with Crippen LogP contribution in [0.25, 0.3) is 0 Å². The zero-order chi connectivity index (χ0) is 13.0. The molecule has 0 radical (unpaired) electrons. The van der Waals surface area contributed by atoms with Crippen LogP contribution in [0.15, 0.2) is 53.0 Å². The monoisotopic (exact) mass is 323 g/mol. The second kappa shape index (κ2) is 6.26. The molecule has 0 saturated carbocycles. The van der Waals surface area contributed by atoms with Gasteiger partial charge in [0.05, 0.1) is 16.8 Å². The fourth-order valence-electron chi connectivity index (χ4n) is 1.91. The van der Waals surface area contributed by atoms with Crippen LogP contribution in [0.3, 0.4) is 0 Å². The van der Waals surface area contributed by atoms with E-state index in [1.807, 2.05) is 30.3 Å². The molecule has 94 valence electrons. The van der Waals surface area contributed by atoms with Crippen molar-refractivity contribution in [1.29, 1.82) is 0 Å². The maximum Gasteiger partial charge on any atom is 0.0637 e. The van der Waals surface area contributed by atoms with Crippen LogP contribution >= 0.6 is 27.5 Å². The third-order valence-electron chi connectivity index (χ3n) is 2.86. The average Bonchev–Trinajstić information content (AvgIpc) is 2.38. The lowest BCUT2D eigenvalue weighted by molar-refractivity contribution is 0.749. The van der Waals surface area contributed by atoms with Crippen LogP contribution in [-0.4, -0.2) is 0 Å². The van der Waals surface area contributed by atoms with Crippen LogP contribution in [0.1, 0.15) is 24.9 Å². The summed E-state index contributed by atoms with van der Waals surface area (Å²) in [5.41, 5.74) is 2.23. The topological polar surface area (TPSA) is 12.0 Å². The molecule has 0 aromatic heterocycles. The van der Waals surface area contributed by atoms with E-state index in [2.05, 4.69) is 46.4 Å². The van der Waals surface area contributed by atoms with Gasteiger partial charge in [-0.25, -0.2) is 0 Å². The van der Waals surface area contributed by atoms with Crippen LogP contribution < -0.4 is 5.32 Å². The van der Waals surface area contributed by atoms with Gasteiger partial charge in [-0.1, -0.05) is 58.7 Å². The molecule has 1 atom stereocenters. The number of para-hydroxylation sites is 1. The fraction of sp³-hybridized carbons (Fsp3) is 0.200. The summed E-state index contributed by atoms with van der Waals surface area (Å²) >= 11 is 9.68. The van der Waals surface area contributed by atoms with Crippen LogP contribution in [-0.2, 0) is 0 Å². The number of hydrogen-bond donors (Lipinski definition) is 1. The van der Waals surface area contributed by atoms with Gasteiger partial charge in [-0.3, -0.25) is 0 Å². The number of nitrogens with one attached hydrogen (secondary N) is 1. The molecule has 3 heteroatoms. The minimum Gasteiger partial charge on any atom is -0.377 e. The van der Waals surface area contributed by atoms with E-state index in [0.717, 1.165) is 21.6 Å². The molecule has 2 aromatic carbocycles. The zero-order valence-electron chi connectivity index (χ0n) is 10.2. The highest BCUT2D eigenvalue weighted by molar-refractivity contribution is 9.10. The molecule has 0 heterocycles. The third kappa shape index (κ3) is 3.27. The van der Waals surface area contributed by atoms with E-state index in [-0.39, 0.29) is 6.04 Å². The summed E-state index contributed by atoms with van der Waals surface area (Å²) in [6.07, 6.45) is 1.00. The lowest BCUT2D eigenvalue weighted by Crippen LogP contribution is -2.09. The summed E-state index contributed by atoms with van der Waals surface area (Å²) in [4.78, 5) is 0. The number of benzene rings is 2. The number of hydrogen-bond acceptors (Lipinski definition) is 1. The molecule has 1 N–H and O–H groups in total. The van der Waals surface area contributed by atoms with Crippen molar-refractivity contribution >= 4 is 33.2 Å². The summed E-state index contributed by atoms with van der Waals surface area (Å²) in [5, 5.41) is 4.24. The van der Waals surface area contributed by atoms with Crippen LogP contribution in [0, 0.1) is 0 Å². The smallest absolute Gasteiger partial charge is 0.0637 e. The second-order valence-corrected chi connectivity index (χ2v) is 5.46. The van der Waals surface area contributed by atoms with Crippen molar-refractivity contribution in [1.82, 2.24) is 0 Å². The van der Waals surface area contributed by atoms with Crippen molar-refractivity contribution in [3.05, 3.63) is 63.6 Å². The Morgan fingerprint density at radius 2 is 1.94 bits per heavy atom. The van der Waals surface area contributed by atoms with E-state index >= 15 is 0 Å². The van der Waals surface area contributed by atoms with Crippen molar-refractivity contribution in [2.75, 3.05) is 5.32 Å². The lowest BCUT2D eigenvalue weighted by Gasteiger charge is -2.19. The van der Waals surface area contributed by atoms with Crippen molar-refractivity contribution in [2.24, 2.45) is 0 Å². The van der Waals surface area contributed by atoms with Crippen molar-refractivity contribution in [3.8, 4) is 0 Å². The highest BCUT2D eigenvalue weighted by Crippen LogP contribution is 2.28. The minimum absolute atomic E-state index is 0.266. The van der Waals surface area contributed by atoms with Gasteiger partial charge in [0.1, 0.15) is 0 Å². The summed E-state index contributed by atoms with van der Waals surface area (Å²) < 4.78 is 1.10. The molecule has 0 aliphatic carbocycles. The van der Waals surface area contributed by atoms with Crippen molar-refractivity contribution in [2.45, 2.75) is 19.4 Å². The fourth-order valence-corrected chi connectivity index (χ4v) is 2.52. The van der Waals surface area contributed by atoms with Gasteiger partial charge in [-0.15, -0.1) is 0 Å². The van der Waals surface area contributed by atoms with Gasteiger partial charge < -0.3 is 5.32 Å². The molecule has 0 aliphatic rings. The lowest BCUT2D eigenvalue weighted by atomic mass is 10.0. The Bertz CT molecular complexity index is 527.